The molecule has 0 saturated carbocycles. The van der Waals surface area contributed by atoms with Gasteiger partial charge in [-0.3, -0.25) is 9.59 Å². The van der Waals surface area contributed by atoms with Crippen LogP contribution in [0.25, 0.3) is 0 Å². The molecule has 7 nitrogen and oxygen atoms in total. The molecule has 2 rings (SSSR count). The molecule has 1 aliphatic rings. The molecule has 1 aromatic carbocycles. The van der Waals surface area contributed by atoms with Gasteiger partial charge in [-0.05, 0) is 32.4 Å². The number of thioether (sulfide) groups is 1. The van der Waals surface area contributed by atoms with Crippen LogP contribution < -0.4 is 5.32 Å². The minimum atomic E-state index is -1.53. The van der Waals surface area contributed by atoms with E-state index in [1.165, 1.54) is 7.11 Å². The van der Waals surface area contributed by atoms with E-state index in [4.69, 9.17) is 4.74 Å². The number of hydrogen-bond donors (Lipinski definition) is 1. The largest absolute Gasteiger partial charge is 0.469 e. The van der Waals surface area contributed by atoms with Crippen LogP contribution in [0.2, 0.25) is 0 Å². The molecular formula is C17H20N2O5S. The van der Waals surface area contributed by atoms with Gasteiger partial charge in [0.25, 0.3) is 5.91 Å². The summed E-state index contributed by atoms with van der Waals surface area (Å²) < 4.78 is 8.12. The van der Waals surface area contributed by atoms with Gasteiger partial charge in [-0.15, -0.1) is 0 Å². The van der Waals surface area contributed by atoms with Crippen LogP contribution in [-0.2, 0) is 23.9 Å². The summed E-state index contributed by atoms with van der Waals surface area (Å²) in [6, 6.07) is 7.43. The third kappa shape index (κ3) is 4.39. The van der Waals surface area contributed by atoms with Gasteiger partial charge in [0.2, 0.25) is 0 Å². The van der Waals surface area contributed by atoms with Gasteiger partial charge in [0.05, 0.1) is 19.4 Å². The molecule has 0 aromatic heterocycles. The Labute approximate surface area is 150 Å². The van der Waals surface area contributed by atoms with Crippen molar-refractivity contribution < 1.29 is 23.9 Å². The molecule has 25 heavy (non-hydrogen) atoms. The maximum Gasteiger partial charge on any atom is 0.332 e. The number of aliphatic imine (C=N–C) groups is 1. The van der Waals surface area contributed by atoms with Gasteiger partial charge in [-0.25, -0.2) is 9.79 Å². The molecular weight excluding hydrogens is 344 g/mol. The van der Waals surface area contributed by atoms with E-state index in [2.05, 4.69) is 15.0 Å². The molecule has 1 fully saturated rings. The van der Waals surface area contributed by atoms with Gasteiger partial charge in [0.15, 0.2) is 9.91 Å². The molecule has 0 spiro atoms. The van der Waals surface area contributed by atoms with Gasteiger partial charge in [-0.1, -0.05) is 29.5 Å². The van der Waals surface area contributed by atoms with Crippen molar-refractivity contribution in [2.45, 2.75) is 31.4 Å². The number of nitrogens with one attached hydrogen (secondary N) is 1. The number of ether oxygens (including phenoxy) is 2. The molecule has 1 aromatic rings. The smallest absolute Gasteiger partial charge is 0.332 e. The van der Waals surface area contributed by atoms with Crippen molar-refractivity contribution in [3.05, 3.63) is 29.8 Å². The van der Waals surface area contributed by atoms with Crippen LogP contribution in [0.15, 0.2) is 29.3 Å². The minimum absolute atomic E-state index is 0.0259. The predicted molar refractivity (Wildman–Crippen MR) is 94.6 cm³/mol. The second kappa shape index (κ2) is 8.15. The topological polar surface area (TPSA) is 94.1 Å². The third-order valence-electron chi connectivity index (χ3n) is 3.64. The summed E-state index contributed by atoms with van der Waals surface area (Å²) in [4.78, 5) is 40.7. The molecule has 1 N–H and O–H groups in total. The molecule has 1 aliphatic heterocycles. The van der Waals surface area contributed by atoms with E-state index in [-0.39, 0.29) is 19.4 Å². The lowest BCUT2D eigenvalue weighted by molar-refractivity contribution is -0.149. The van der Waals surface area contributed by atoms with Gasteiger partial charge < -0.3 is 14.8 Å². The normalized spacial score (nSPS) is 21.1. The maximum atomic E-state index is 12.5. The van der Waals surface area contributed by atoms with Crippen molar-refractivity contribution >= 4 is 40.5 Å². The first-order valence-electron chi connectivity index (χ1n) is 7.81. The molecule has 8 heteroatoms. The molecule has 134 valence electrons. The summed E-state index contributed by atoms with van der Waals surface area (Å²) in [5.74, 6) is -1.72. The highest BCUT2D eigenvalue weighted by atomic mass is 32.2. The highest BCUT2D eigenvalue weighted by Gasteiger charge is 2.54. The van der Waals surface area contributed by atoms with E-state index in [1.807, 2.05) is 31.2 Å². The second-order valence-electron chi connectivity index (χ2n) is 5.43. The number of carbonyl (C=O) groups excluding carboxylic acids is 3. The zero-order valence-electron chi connectivity index (χ0n) is 14.3. The lowest BCUT2D eigenvalue weighted by Crippen LogP contribution is -2.45. The number of aryl methyl sites for hydroxylation is 1. The Kier molecular flexibility index (Phi) is 6.19. The molecule has 1 atom stereocenters. The molecule has 0 aliphatic carbocycles. The summed E-state index contributed by atoms with van der Waals surface area (Å²) in [5, 5.41) is 2.91. The minimum Gasteiger partial charge on any atom is -0.469 e. The molecule has 1 saturated heterocycles. The molecule has 1 unspecified atom stereocenters. The Bertz CT molecular complexity index is 701. The third-order valence-corrected chi connectivity index (χ3v) is 4.93. The van der Waals surface area contributed by atoms with Crippen LogP contribution in [0.1, 0.15) is 25.3 Å². The van der Waals surface area contributed by atoms with Crippen molar-refractivity contribution in [2.24, 2.45) is 4.99 Å². The number of amidine groups is 1. The van der Waals surface area contributed by atoms with Gasteiger partial charge in [0.1, 0.15) is 0 Å². The number of rotatable bonds is 6. The zero-order valence-corrected chi connectivity index (χ0v) is 15.1. The van der Waals surface area contributed by atoms with Crippen LogP contribution in [-0.4, -0.2) is 41.5 Å². The Morgan fingerprint density at radius 2 is 1.96 bits per heavy atom. The van der Waals surface area contributed by atoms with Gasteiger partial charge >= 0.3 is 11.9 Å². The average Bonchev–Trinajstić information content (AvgIpc) is 2.91. The van der Waals surface area contributed by atoms with Crippen molar-refractivity contribution in [2.75, 3.05) is 13.7 Å². The first-order chi connectivity index (χ1) is 11.9. The number of nitrogens with zero attached hydrogens (tertiary/aromatic N) is 1. The molecule has 0 bridgehead atoms. The Morgan fingerprint density at radius 3 is 2.56 bits per heavy atom. The van der Waals surface area contributed by atoms with Crippen LogP contribution in [0.4, 0.5) is 5.69 Å². The number of esters is 2. The van der Waals surface area contributed by atoms with Gasteiger partial charge in [0, 0.05) is 6.42 Å². The van der Waals surface area contributed by atoms with E-state index in [1.54, 1.807) is 6.92 Å². The summed E-state index contributed by atoms with van der Waals surface area (Å²) in [6.07, 6.45) is -0.102. The van der Waals surface area contributed by atoms with Crippen LogP contribution in [0.5, 0.6) is 0 Å². The number of amides is 1. The molecule has 1 amide bonds. The van der Waals surface area contributed by atoms with E-state index in [9.17, 15) is 14.4 Å². The maximum absolute atomic E-state index is 12.5. The highest BCUT2D eigenvalue weighted by molar-refractivity contribution is 8.17. The summed E-state index contributed by atoms with van der Waals surface area (Å²) in [6.45, 7) is 3.75. The Morgan fingerprint density at radius 1 is 1.28 bits per heavy atom. The summed E-state index contributed by atoms with van der Waals surface area (Å²) in [7, 11) is 1.26. The van der Waals surface area contributed by atoms with E-state index in [0.29, 0.717) is 10.9 Å². The average molecular weight is 364 g/mol. The zero-order chi connectivity index (χ0) is 18.4. The second-order valence-corrected chi connectivity index (χ2v) is 6.72. The number of benzene rings is 1. The fourth-order valence-corrected chi connectivity index (χ4v) is 3.37. The number of carbonyl (C=O) groups is 3. The monoisotopic (exact) mass is 364 g/mol. The van der Waals surface area contributed by atoms with E-state index in [0.717, 1.165) is 17.3 Å². The van der Waals surface area contributed by atoms with Crippen molar-refractivity contribution in [1.29, 1.82) is 0 Å². The van der Waals surface area contributed by atoms with Crippen molar-refractivity contribution in [1.82, 2.24) is 5.32 Å². The number of hydrogen-bond acceptors (Lipinski definition) is 7. The number of methoxy groups -OCH3 is 1. The summed E-state index contributed by atoms with van der Waals surface area (Å²) >= 11 is 0.973. The summed E-state index contributed by atoms with van der Waals surface area (Å²) in [5.41, 5.74) is 1.74. The Balaban J connectivity index is 2.26. The highest BCUT2D eigenvalue weighted by Crippen LogP contribution is 2.38. The lowest BCUT2D eigenvalue weighted by atomic mass is 10.0. The van der Waals surface area contributed by atoms with Crippen molar-refractivity contribution in [3.63, 3.8) is 0 Å². The lowest BCUT2D eigenvalue weighted by Gasteiger charge is -2.21. The van der Waals surface area contributed by atoms with Crippen LogP contribution in [0.3, 0.4) is 0 Å². The predicted octanol–water partition coefficient (Wildman–Crippen LogP) is 2.10. The van der Waals surface area contributed by atoms with Gasteiger partial charge in [-0.2, -0.15) is 0 Å². The van der Waals surface area contributed by atoms with Crippen LogP contribution >= 0.6 is 11.8 Å². The van der Waals surface area contributed by atoms with E-state index < -0.39 is 22.6 Å². The Hall–Kier alpha value is -2.35. The van der Waals surface area contributed by atoms with Crippen LogP contribution in [0, 0.1) is 6.92 Å². The fourth-order valence-electron chi connectivity index (χ4n) is 2.25. The first kappa shape index (κ1) is 19.0. The van der Waals surface area contributed by atoms with E-state index >= 15 is 0 Å². The van der Waals surface area contributed by atoms with Crippen molar-refractivity contribution in [3.8, 4) is 0 Å². The first-order valence-corrected chi connectivity index (χ1v) is 8.63. The standard InChI is InChI=1S/C17H20N2O5S/c1-4-24-15(22)17(10-9-13(20)23-3)14(21)19-16(25-17)18-12-7-5-11(2)6-8-12/h5-8H,4,9-10H2,1-3H3,(H,18,19,21). The quantitative estimate of drug-likeness (QED) is 0.614. The molecule has 0 radical (unpaired) electrons. The SMILES string of the molecule is CCOC(=O)C1(CCC(=O)OC)SC(=Nc2ccc(C)cc2)NC1=O. The fraction of sp³-hybridized carbons (Fsp3) is 0.412. The molecule has 1 heterocycles.